The maximum Gasteiger partial charge on any atom is 0.143 e. The van der Waals surface area contributed by atoms with E-state index in [0.717, 1.165) is 13.0 Å². The molecular formula is C9H17NO2. The number of hydrogen-bond acceptors (Lipinski definition) is 3. The van der Waals surface area contributed by atoms with E-state index in [0.29, 0.717) is 19.0 Å². The summed E-state index contributed by atoms with van der Waals surface area (Å²) in [6.07, 6.45) is 0.743. The van der Waals surface area contributed by atoms with Gasteiger partial charge in [0, 0.05) is 6.54 Å². The molecule has 1 heterocycles. The molecule has 1 fully saturated rings. The predicted octanol–water partition coefficient (Wildman–Crippen LogP) is 0.278. The highest BCUT2D eigenvalue weighted by Crippen LogP contribution is 2.16. The van der Waals surface area contributed by atoms with Gasteiger partial charge in [0.15, 0.2) is 0 Å². The van der Waals surface area contributed by atoms with Gasteiger partial charge in [-0.3, -0.25) is 9.69 Å². The van der Waals surface area contributed by atoms with Crippen LogP contribution in [0, 0.1) is 5.92 Å². The van der Waals surface area contributed by atoms with Crippen molar-refractivity contribution in [1.82, 2.24) is 4.90 Å². The Morgan fingerprint density at radius 1 is 1.67 bits per heavy atom. The molecule has 1 aliphatic rings. The third-order valence-electron chi connectivity index (χ3n) is 2.45. The minimum absolute atomic E-state index is 0.178. The lowest BCUT2D eigenvalue weighted by atomic mass is 9.96. The summed E-state index contributed by atoms with van der Waals surface area (Å²) in [6.45, 7) is 5.72. The van der Waals surface area contributed by atoms with E-state index in [4.69, 9.17) is 0 Å². The first-order valence-electron chi connectivity index (χ1n) is 4.49. The molecule has 0 aliphatic carbocycles. The minimum atomic E-state index is -0.252. The van der Waals surface area contributed by atoms with Crippen molar-refractivity contribution in [2.24, 2.45) is 5.92 Å². The van der Waals surface area contributed by atoms with E-state index in [-0.39, 0.29) is 11.9 Å². The summed E-state index contributed by atoms with van der Waals surface area (Å²) in [6, 6.07) is 0. The number of carbonyl (C=O) groups is 1. The molecule has 12 heavy (non-hydrogen) atoms. The van der Waals surface area contributed by atoms with Gasteiger partial charge in [0.25, 0.3) is 0 Å². The molecule has 1 N–H and O–H groups in total. The van der Waals surface area contributed by atoms with Crippen molar-refractivity contribution in [1.29, 1.82) is 0 Å². The summed E-state index contributed by atoms with van der Waals surface area (Å²) < 4.78 is 0. The largest absolute Gasteiger partial charge is 0.392 e. The Morgan fingerprint density at radius 3 is 2.83 bits per heavy atom. The molecule has 0 saturated carbocycles. The first kappa shape index (κ1) is 9.68. The van der Waals surface area contributed by atoms with Crippen molar-refractivity contribution in [3.05, 3.63) is 0 Å². The lowest BCUT2D eigenvalue weighted by molar-refractivity contribution is -0.119. The summed E-state index contributed by atoms with van der Waals surface area (Å²) in [4.78, 5) is 12.8. The van der Waals surface area contributed by atoms with Gasteiger partial charge >= 0.3 is 0 Å². The zero-order chi connectivity index (χ0) is 9.14. The standard InChI is InChI=1S/C9H17NO2/c1-7-3-4-10(5-8(2)11)6-9(7)12/h7,9,12H,3-6H2,1-2H3. The van der Waals surface area contributed by atoms with E-state index >= 15 is 0 Å². The molecule has 2 unspecified atom stereocenters. The molecule has 0 aromatic rings. The molecule has 0 radical (unpaired) electrons. The first-order valence-corrected chi connectivity index (χ1v) is 4.49. The Hall–Kier alpha value is -0.410. The third-order valence-corrected chi connectivity index (χ3v) is 2.45. The number of Topliss-reactive ketones (excluding diaryl/α,β-unsaturated/α-hetero) is 1. The highest BCUT2D eigenvalue weighted by molar-refractivity contribution is 5.77. The van der Waals surface area contributed by atoms with Gasteiger partial charge in [-0.2, -0.15) is 0 Å². The number of likely N-dealkylation sites (tertiary alicyclic amines) is 1. The molecule has 0 aromatic carbocycles. The van der Waals surface area contributed by atoms with Crippen LogP contribution in [0.15, 0.2) is 0 Å². The normalized spacial score (nSPS) is 31.9. The van der Waals surface area contributed by atoms with Gasteiger partial charge in [0.05, 0.1) is 12.6 Å². The summed E-state index contributed by atoms with van der Waals surface area (Å²) >= 11 is 0. The van der Waals surface area contributed by atoms with Crippen LogP contribution in [0.2, 0.25) is 0 Å². The number of carbonyl (C=O) groups excluding carboxylic acids is 1. The number of β-amino-alcohol motifs (C(OH)–C–C–N with tert-alkyl or cyclic N) is 1. The van der Waals surface area contributed by atoms with Crippen LogP contribution >= 0.6 is 0 Å². The van der Waals surface area contributed by atoms with Crippen LogP contribution in [0.4, 0.5) is 0 Å². The highest BCUT2D eigenvalue weighted by Gasteiger charge is 2.24. The Balaban J connectivity index is 2.35. The molecule has 70 valence electrons. The zero-order valence-electron chi connectivity index (χ0n) is 7.79. The average molecular weight is 171 g/mol. The predicted molar refractivity (Wildman–Crippen MR) is 46.9 cm³/mol. The van der Waals surface area contributed by atoms with E-state index in [1.54, 1.807) is 6.92 Å². The quantitative estimate of drug-likeness (QED) is 0.648. The molecule has 1 saturated heterocycles. The van der Waals surface area contributed by atoms with Crippen LogP contribution in [0.25, 0.3) is 0 Å². The second-order valence-corrected chi connectivity index (χ2v) is 3.77. The number of nitrogens with zero attached hydrogens (tertiary/aromatic N) is 1. The highest BCUT2D eigenvalue weighted by atomic mass is 16.3. The topological polar surface area (TPSA) is 40.5 Å². The van der Waals surface area contributed by atoms with Crippen molar-refractivity contribution in [3.8, 4) is 0 Å². The number of piperidine rings is 1. The lowest BCUT2D eigenvalue weighted by Crippen LogP contribution is -2.44. The van der Waals surface area contributed by atoms with Crippen LogP contribution in [0.5, 0.6) is 0 Å². The number of hydrogen-bond donors (Lipinski definition) is 1. The summed E-state index contributed by atoms with van der Waals surface area (Å²) in [5, 5.41) is 9.51. The monoisotopic (exact) mass is 171 g/mol. The molecule has 2 atom stereocenters. The number of ketones is 1. The van der Waals surface area contributed by atoms with Gasteiger partial charge in [-0.15, -0.1) is 0 Å². The Bertz CT molecular complexity index is 170. The third kappa shape index (κ3) is 2.57. The first-order chi connectivity index (χ1) is 5.59. The smallest absolute Gasteiger partial charge is 0.143 e. The second-order valence-electron chi connectivity index (χ2n) is 3.77. The molecule has 1 rings (SSSR count). The van der Waals surface area contributed by atoms with Crippen LogP contribution in [0.3, 0.4) is 0 Å². The van der Waals surface area contributed by atoms with Crippen molar-refractivity contribution in [3.63, 3.8) is 0 Å². The van der Waals surface area contributed by atoms with Gasteiger partial charge in [-0.1, -0.05) is 6.92 Å². The Morgan fingerprint density at radius 2 is 2.33 bits per heavy atom. The van der Waals surface area contributed by atoms with Gasteiger partial charge in [0.1, 0.15) is 5.78 Å². The van der Waals surface area contributed by atoms with E-state index in [1.807, 2.05) is 4.90 Å². The minimum Gasteiger partial charge on any atom is -0.392 e. The van der Waals surface area contributed by atoms with E-state index in [1.165, 1.54) is 0 Å². The number of aliphatic hydroxyl groups excluding tert-OH is 1. The summed E-state index contributed by atoms with van der Waals surface area (Å²) in [5.74, 6) is 0.560. The molecular weight excluding hydrogens is 154 g/mol. The fourth-order valence-electron chi connectivity index (χ4n) is 1.57. The molecule has 0 spiro atoms. The Kier molecular flexibility index (Phi) is 3.23. The molecule has 0 amide bonds. The summed E-state index contributed by atoms with van der Waals surface area (Å²) in [5.41, 5.74) is 0. The van der Waals surface area contributed by atoms with Gasteiger partial charge in [0.2, 0.25) is 0 Å². The second kappa shape index (κ2) is 4.01. The SMILES string of the molecule is CC(=O)CN1CCC(C)C(O)C1. The average Bonchev–Trinajstić information content (AvgIpc) is 1.96. The lowest BCUT2D eigenvalue weighted by Gasteiger charge is -2.33. The van der Waals surface area contributed by atoms with Crippen molar-refractivity contribution >= 4 is 5.78 Å². The van der Waals surface area contributed by atoms with Crippen molar-refractivity contribution < 1.29 is 9.90 Å². The summed E-state index contributed by atoms with van der Waals surface area (Å²) in [7, 11) is 0. The Labute approximate surface area is 73.4 Å². The molecule has 3 nitrogen and oxygen atoms in total. The fraction of sp³-hybridized carbons (Fsp3) is 0.889. The zero-order valence-corrected chi connectivity index (χ0v) is 7.79. The van der Waals surface area contributed by atoms with Crippen molar-refractivity contribution in [2.45, 2.75) is 26.4 Å². The maximum atomic E-state index is 10.8. The van der Waals surface area contributed by atoms with Crippen LogP contribution in [0.1, 0.15) is 20.3 Å². The number of rotatable bonds is 2. The van der Waals surface area contributed by atoms with Crippen molar-refractivity contribution in [2.75, 3.05) is 19.6 Å². The van der Waals surface area contributed by atoms with Crippen LogP contribution in [-0.4, -0.2) is 41.5 Å². The van der Waals surface area contributed by atoms with E-state index in [2.05, 4.69) is 6.92 Å². The van der Waals surface area contributed by atoms with Crippen LogP contribution in [-0.2, 0) is 4.79 Å². The van der Waals surface area contributed by atoms with E-state index in [9.17, 15) is 9.90 Å². The van der Waals surface area contributed by atoms with Gasteiger partial charge in [-0.25, -0.2) is 0 Å². The molecule has 0 aromatic heterocycles. The maximum absolute atomic E-state index is 10.8. The van der Waals surface area contributed by atoms with E-state index < -0.39 is 0 Å². The van der Waals surface area contributed by atoms with Gasteiger partial charge < -0.3 is 5.11 Å². The molecule has 1 aliphatic heterocycles. The van der Waals surface area contributed by atoms with Crippen LogP contribution < -0.4 is 0 Å². The van der Waals surface area contributed by atoms with Gasteiger partial charge in [-0.05, 0) is 25.8 Å². The number of aliphatic hydroxyl groups is 1. The fourth-order valence-corrected chi connectivity index (χ4v) is 1.57. The molecule has 0 bridgehead atoms. The molecule has 3 heteroatoms.